The molecule has 3 nitrogen and oxygen atoms in total. The Morgan fingerprint density at radius 3 is 2.05 bits per heavy atom. The number of hydrogen-bond acceptors (Lipinski definition) is 1. The minimum Gasteiger partial charge on any atom is -0.334 e. The molecule has 0 unspecified atom stereocenters. The largest absolute Gasteiger partial charge is 0.334 e. The van der Waals surface area contributed by atoms with Gasteiger partial charge in [0.05, 0.1) is 33.2 Å². The molecule has 0 spiro atoms. The van der Waals surface area contributed by atoms with E-state index in [0.717, 1.165) is 50.4 Å². The minimum atomic E-state index is 0.419. The van der Waals surface area contributed by atoms with E-state index in [-0.39, 0.29) is 0 Å². The monoisotopic (exact) mass is 277 g/mol. The van der Waals surface area contributed by atoms with Crippen molar-refractivity contribution in [2.75, 3.05) is 33.2 Å². The Morgan fingerprint density at radius 1 is 1.05 bits per heavy atom. The quantitative estimate of drug-likeness (QED) is 0.799. The maximum Gasteiger partial charge on any atom is 0.223 e. The molecule has 0 aromatic carbocycles. The number of quaternary nitrogens is 1. The normalized spacial score (nSPS) is 44.0. The van der Waals surface area contributed by atoms with Gasteiger partial charge in [0.1, 0.15) is 0 Å². The molecule has 5 fully saturated rings. The van der Waals surface area contributed by atoms with Gasteiger partial charge in [-0.3, -0.25) is 4.79 Å². The zero-order chi connectivity index (χ0) is 13.7. The Morgan fingerprint density at radius 2 is 1.55 bits per heavy atom. The molecule has 4 saturated carbocycles. The molecule has 1 aliphatic heterocycles. The van der Waals surface area contributed by atoms with E-state index in [0.29, 0.717) is 11.3 Å². The summed E-state index contributed by atoms with van der Waals surface area (Å²) in [7, 11) is 2.24. The zero-order valence-electron chi connectivity index (χ0n) is 12.9. The summed E-state index contributed by atoms with van der Waals surface area (Å²) in [6.45, 7) is 4.23. The van der Waals surface area contributed by atoms with Crippen LogP contribution in [0, 0.1) is 23.2 Å². The predicted octanol–water partition coefficient (Wildman–Crippen LogP) is 0.950. The molecule has 0 atom stereocenters. The van der Waals surface area contributed by atoms with Gasteiger partial charge >= 0.3 is 0 Å². The number of nitrogens with one attached hydrogen (secondary N) is 1. The summed E-state index contributed by atoms with van der Waals surface area (Å²) in [6, 6.07) is 0. The number of likely N-dealkylation sites (N-methyl/N-ethyl adjacent to an activating group) is 1. The van der Waals surface area contributed by atoms with Gasteiger partial charge in [-0.25, -0.2) is 0 Å². The summed E-state index contributed by atoms with van der Waals surface area (Å²) >= 11 is 0. The lowest BCUT2D eigenvalue weighted by molar-refractivity contribution is -0.883. The molecule has 3 heteroatoms. The molecule has 1 saturated heterocycles. The standard InChI is InChI=1S/C17H28N2O/c1-18-2-4-19(5-3-18)16(20)12-17-9-13-6-14(10-17)8-15(7-13)11-17/h13-15H,2-12H2,1H3/p+1. The maximum absolute atomic E-state index is 12.7. The second kappa shape index (κ2) is 4.72. The molecular formula is C17H29N2O+. The summed E-state index contributed by atoms with van der Waals surface area (Å²) < 4.78 is 0. The highest BCUT2D eigenvalue weighted by atomic mass is 16.2. The van der Waals surface area contributed by atoms with Gasteiger partial charge in [0.25, 0.3) is 0 Å². The van der Waals surface area contributed by atoms with Crippen LogP contribution >= 0.6 is 0 Å². The van der Waals surface area contributed by atoms with Crippen molar-refractivity contribution in [3.05, 3.63) is 0 Å². The van der Waals surface area contributed by atoms with E-state index in [1.807, 2.05) is 0 Å². The summed E-state index contributed by atoms with van der Waals surface area (Å²) in [4.78, 5) is 16.4. The van der Waals surface area contributed by atoms with Crippen LogP contribution in [0.5, 0.6) is 0 Å². The molecule has 112 valence electrons. The van der Waals surface area contributed by atoms with Crippen LogP contribution in [0.25, 0.3) is 0 Å². The van der Waals surface area contributed by atoms with E-state index >= 15 is 0 Å². The van der Waals surface area contributed by atoms with Crippen molar-refractivity contribution in [1.29, 1.82) is 0 Å². The van der Waals surface area contributed by atoms with Crippen LogP contribution in [0.1, 0.15) is 44.9 Å². The Bertz CT molecular complexity index is 363. The SMILES string of the molecule is C[NH+]1CCN(C(=O)CC23CC4CC(CC(C4)C2)C3)CC1. The molecule has 0 radical (unpaired) electrons. The van der Waals surface area contributed by atoms with Crippen molar-refractivity contribution in [2.45, 2.75) is 44.9 Å². The Hall–Kier alpha value is -0.570. The smallest absolute Gasteiger partial charge is 0.223 e. The number of carbonyl (C=O) groups excluding carboxylic acids is 1. The molecule has 5 rings (SSSR count). The van der Waals surface area contributed by atoms with Crippen LogP contribution in [0.15, 0.2) is 0 Å². The second-order valence-corrected chi connectivity index (χ2v) is 8.43. The van der Waals surface area contributed by atoms with Crippen molar-refractivity contribution in [1.82, 2.24) is 4.90 Å². The predicted molar refractivity (Wildman–Crippen MR) is 78.4 cm³/mol. The molecule has 4 bridgehead atoms. The van der Waals surface area contributed by atoms with Gasteiger partial charge in [0.2, 0.25) is 5.91 Å². The summed E-state index contributed by atoms with van der Waals surface area (Å²) in [5, 5.41) is 0. The minimum absolute atomic E-state index is 0.419. The Balaban J connectivity index is 1.42. The lowest BCUT2D eigenvalue weighted by Gasteiger charge is -2.57. The molecule has 1 amide bonds. The molecule has 20 heavy (non-hydrogen) atoms. The van der Waals surface area contributed by atoms with Gasteiger partial charge < -0.3 is 9.80 Å². The Kier molecular flexibility index (Phi) is 3.10. The van der Waals surface area contributed by atoms with Crippen LogP contribution in [-0.2, 0) is 4.79 Å². The van der Waals surface area contributed by atoms with E-state index in [2.05, 4.69) is 11.9 Å². The number of nitrogens with zero attached hydrogens (tertiary/aromatic N) is 1. The van der Waals surface area contributed by atoms with E-state index in [4.69, 9.17) is 0 Å². The molecule has 5 aliphatic rings. The highest BCUT2D eigenvalue weighted by Crippen LogP contribution is 2.61. The van der Waals surface area contributed by atoms with Gasteiger partial charge in [-0.2, -0.15) is 0 Å². The average Bonchev–Trinajstić information content (AvgIpc) is 2.37. The third-order valence-corrected chi connectivity index (χ3v) is 6.66. The van der Waals surface area contributed by atoms with Gasteiger partial charge in [-0.15, -0.1) is 0 Å². The number of rotatable bonds is 2. The summed E-state index contributed by atoms with van der Waals surface area (Å²) in [5.74, 6) is 3.36. The molecular weight excluding hydrogens is 248 g/mol. The van der Waals surface area contributed by atoms with E-state index in [9.17, 15) is 4.79 Å². The number of amides is 1. The Labute approximate surface area is 122 Å². The highest BCUT2D eigenvalue weighted by Gasteiger charge is 2.51. The summed E-state index contributed by atoms with van der Waals surface area (Å²) in [5.41, 5.74) is 0.419. The average molecular weight is 277 g/mol. The van der Waals surface area contributed by atoms with Crippen molar-refractivity contribution in [2.24, 2.45) is 23.2 Å². The first-order valence-corrected chi connectivity index (χ1v) is 8.71. The van der Waals surface area contributed by atoms with Crippen molar-refractivity contribution in [3.63, 3.8) is 0 Å². The van der Waals surface area contributed by atoms with Gasteiger partial charge in [-0.05, 0) is 61.7 Å². The third kappa shape index (κ3) is 2.28. The molecule has 0 aromatic heterocycles. The fourth-order valence-corrected chi connectivity index (χ4v) is 6.08. The van der Waals surface area contributed by atoms with Crippen LogP contribution in [0.3, 0.4) is 0 Å². The van der Waals surface area contributed by atoms with E-state index < -0.39 is 0 Å². The lowest BCUT2D eigenvalue weighted by atomic mass is 9.49. The van der Waals surface area contributed by atoms with E-state index in [1.165, 1.54) is 38.5 Å². The molecule has 1 heterocycles. The summed E-state index contributed by atoms with van der Waals surface area (Å²) in [6.07, 6.45) is 9.40. The molecule has 0 aromatic rings. The van der Waals surface area contributed by atoms with Crippen LogP contribution < -0.4 is 4.90 Å². The van der Waals surface area contributed by atoms with Crippen LogP contribution in [-0.4, -0.2) is 44.0 Å². The molecule has 4 aliphatic carbocycles. The van der Waals surface area contributed by atoms with Gasteiger partial charge in [-0.1, -0.05) is 0 Å². The van der Waals surface area contributed by atoms with Crippen LogP contribution in [0.2, 0.25) is 0 Å². The van der Waals surface area contributed by atoms with Crippen LogP contribution in [0.4, 0.5) is 0 Å². The van der Waals surface area contributed by atoms with Gasteiger partial charge in [0, 0.05) is 6.42 Å². The first-order chi connectivity index (χ1) is 9.62. The van der Waals surface area contributed by atoms with Crippen molar-refractivity contribution < 1.29 is 9.69 Å². The van der Waals surface area contributed by atoms with E-state index in [1.54, 1.807) is 4.90 Å². The lowest BCUT2D eigenvalue weighted by Crippen LogP contribution is -3.12. The zero-order valence-corrected chi connectivity index (χ0v) is 12.9. The third-order valence-electron chi connectivity index (χ3n) is 6.66. The molecule has 1 N–H and O–H groups in total. The first kappa shape index (κ1) is 13.1. The van der Waals surface area contributed by atoms with Crippen molar-refractivity contribution in [3.8, 4) is 0 Å². The number of carbonyl (C=O) groups is 1. The topological polar surface area (TPSA) is 24.8 Å². The number of hydrogen-bond donors (Lipinski definition) is 1. The fourth-order valence-electron chi connectivity index (χ4n) is 6.08. The van der Waals surface area contributed by atoms with Crippen molar-refractivity contribution >= 4 is 5.91 Å². The maximum atomic E-state index is 12.7. The fraction of sp³-hybridized carbons (Fsp3) is 0.941. The number of piperazine rings is 1. The highest BCUT2D eigenvalue weighted by molar-refractivity contribution is 5.77. The first-order valence-electron chi connectivity index (χ1n) is 8.71. The second-order valence-electron chi connectivity index (χ2n) is 8.43. The van der Waals surface area contributed by atoms with Gasteiger partial charge in [0.15, 0.2) is 0 Å².